The molecular formula is C24H41NO2. The molecule has 0 amide bonds. The van der Waals surface area contributed by atoms with Crippen molar-refractivity contribution < 1.29 is 9.53 Å². The highest BCUT2D eigenvalue weighted by atomic mass is 16.5. The van der Waals surface area contributed by atoms with Gasteiger partial charge >= 0.3 is 0 Å². The quantitative estimate of drug-likeness (QED) is 0.251. The molecule has 3 nitrogen and oxygen atoms in total. The molecule has 0 atom stereocenters. The fourth-order valence-corrected chi connectivity index (χ4v) is 3.21. The number of unbranched alkanes of at least 4 members (excludes halogenated alkanes) is 4. The normalized spacial score (nSPS) is 11.1. The van der Waals surface area contributed by atoms with Crippen molar-refractivity contribution in [1.29, 1.82) is 0 Å². The van der Waals surface area contributed by atoms with Gasteiger partial charge in [-0.05, 0) is 62.5 Å². The summed E-state index contributed by atoms with van der Waals surface area (Å²) in [6.07, 6.45) is 9.81. The molecule has 0 heterocycles. The van der Waals surface area contributed by atoms with Gasteiger partial charge in [0.15, 0.2) is 5.78 Å². The van der Waals surface area contributed by atoms with Crippen LogP contribution in [-0.4, -0.2) is 36.9 Å². The molecule has 0 radical (unpaired) electrons. The first-order chi connectivity index (χ1) is 13.2. The lowest BCUT2D eigenvalue weighted by Crippen LogP contribution is -2.28. The van der Waals surface area contributed by atoms with Gasteiger partial charge in [0.1, 0.15) is 5.75 Å². The van der Waals surface area contributed by atoms with E-state index in [-0.39, 0.29) is 5.78 Å². The summed E-state index contributed by atoms with van der Waals surface area (Å²) in [7, 11) is 0. The molecular weight excluding hydrogens is 334 g/mol. The molecule has 0 N–H and O–H groups in total. The minimum absolute atomic E-state index is 0.250. The fraction of sp³-hybridized carbons (Fsp3) is 0.708. The number of aryl methyl sites for hydroxylation is 1. The van der Waals surface area contributed by atoms with E-state index < -0.39 is 0 Å². The van der Waals surface area contributed by atoms with E-state index >= 15 is 0 Å². The Labute approximate surface area is 167 Å². The first-order valence-corrected chi connectivity index (χ1v) is 11.2. The van der Waals surface area contributed by atoms with E-state index in [2.05, 4.69) is 32.6 Å². The van der Waals surface area contributed by atoms with E-state index in [0.29, 0.717) is 6.42 Å². The van der Waals surface area contributed by atoms with Gasteiger partial charge in [0, 0.05) is 18.5 Å². The van der Waals surface area contributed by atoms with Crippen molar-refractivity contribution in [3.63, 3.8) is 0 Å². The van der Waals surface area contributed by atoms with Gasteiger partial charge in [0.05, 0.1) is 6.61 Å². The number of carbonyl (C=O) groups excluding carboxylic acids is 1. The smallest absolute Gasteiger partial charge is 0.164 e. The van der Waals surface area contributed by atoms with E-state index in [1.807, 2.05) is 18.2 Å². The van der Waals surface area contributed by atoms with E-state index in [9.17, 15) is 4.79 Å². The molecule has 1 aromatic carbocycles. The minimum atomic E-state index is 0.250. The predicted molar refractivity (Wildman–Crippen MR) is 116 cm³/mol. The first-order valence-electron chi connectivity index (χ1n) is 11.2. The highest BCUT2D eigenvalue weighted by Gasteiger charge is 2.12. The Bertz CT molecular complexity index is 519. The van der Waals surface area contributed by atoms with E-state index in [4.69, 9.17) is 4.74 Å². The van der Waals surface area contributed by atoms with Crippen molar-refractivity contribution in [2.24, 2.45) is 0 Å². The highest BCUT2D eigenvalue weighted by Crippen LogP contribution is 2.22. The summed E-state index contributed by atoms with van der Waals surface area (Å²) >= 11 is 0. The molecule has 0 saturated heterocycles. The molecule has 1 aromatic rings. The summed E-state index contributed by atoms with van der Waals surface area (Å²) < 4.78 is 5.93. The molecule has 0 aliphatic rings. The van der Waals surface area contributed by atoms with Crippen molar-refractivity contribution in [2.45, 2.75) is 85.5 Å². The summed E-state index contributed by atoms with van der Waals surface area (Å²) in [5, 5.41) is 0. The second-order valence-electron chi connectivity index (χ2n) is 7.45. The third-order valence-electron chi connectivity index (χ3n) is 5.08. The van der Waals surface area contributed by atoms with Crippen molar-refractivity contribution in [3.8, 4) is 5.75 Å². The second kappa shape index (κ2) is 14.7. The maximum atomic E-state index is 12.7. The van der Waals surface area contributed by atoms with Crippen LogP contribution in [0.5, 0.6) is 5.75 Å². The number of benzene rings is 1. The van der Waals surface area contributed by atoms with Gasteiger partial charge in [-0.2, -0.15) is 0 Å². The Morgan fingerprint density at radius 1 is 0.889 bits per heavy atom. The van der Waals surface area contributed by atoms with Crippen LogP contribution in [0.4, 0.5) is 0 Å². The lowest BCUT2D eigenvalue weighted by Gasteiger charge is -2.21. The number of carbonyl (C=O) groups is 1. The summed E-state index contributed by atoms with van der Waals surface area (Å²) in [5.74, 6) is 1.19. The van der Waals surface area contributed by atoms with E-state index in [1.54, 1.807) is 0 Å². The van der Waals surface area contributed by atoms with Crippen LogP contribution < -0.4 is 4.74 Å². The van der Waals surface area contributed by atoms with E-state index in [1.165, 1.54) is 38.5 Å². The topological polar surface area (TPSA) is 29.5 Å². The molecule has 1 rings (SSSR count). The average molecular weight is 376 g/mol. The molecule has 3 heteroatoms. The average Bonchev–Trinajstić information content (AvgIpc) is 2.70. The molecule has 154 valence electrons. The van der Waals surface area contributed by atoms with Gasteiger partial charge in [-0.25, -0.2) is 0 Å². The molecule has 27 heavy (non-hydrogen) atoms. The van der Waals surface area contributed by atoms with Gasteiger partial charge in [-0.15, -0.1) is 0 Å². The van der Waals surface area contributed by atoms with Crippen LogP contribution in [0.25, 0.3) is 0 Å². The number of ketones is 1. The monoisotopic (exact) mass is 375 g/mol. The lowest BCUT2D eigenvalue weighted by atomic mass is 10.0. The Morgan fingerprint density at radius 3 is 2.15 bits per heavy atom. The van der Waals surface area contributed by atoms with Crippen LogP contribution >= 0.6 is 0 Å². The number of hydrogen-bond acceptors (Lipinski definition) is 3. The van der Waals surface area contributed by atoms with Gasteiger partial charge < -0.3 is 9.64 Å². The van der Waals surface area contributed by atoms with Crippen molar-refractivity contribution in [1.82, 2.24) is 4.90 Å². The Kier molecular flexibility index (Phi) is 12.9. The predicted octanol–water partition coefficient (Wildman–Crippen LogP) is 6.29. The summed E-state index contributed by atoms with van der Waals surface area (Å²) in [6.45, 7) is 12.6. The summed E-state index contributed by atoms with van der Waals surface area (Å²) in [4.78, 5) is 15.2. The zero-order chi connectivity index (χ0) is 19.9. The Hall–Kier alpha value is -1.35. The number of nitrogens with zero attached hydrogens (tertiary/aromatic N) is 1. The minimum Gasteiger partial charge on any atom is -0.493 e. The summed E-state index contributed by atoms with van der Waals surface area (Å²) in [5.41, 5.74) is 1.98. The third kappa shape index (κ3) is 9.41. The molecule has 0 unspecified atom stereocenters. The number of ether oxygens (including phenoxy) is 1. The van der Waals surface area contributed by atoms with Gasteiger partial charge in [0.2, 0.25) is 0 Å². The van der Waals surface area contributed by atoms with Crippen molar-refractivity contribution in [2.75, 3.05) is 26.2 Å². The standard InChI is InChI=1S/C24H41NO2/c1-5-9-12-19-27-24-14-13-22(20-21(24)8-4)23(26)15-18-25(16-10-6-2)17-11-7-3/h13-14,20H,5-12,15-19H2,1-4H3. The largest absolute Gasteiger partial charge is 0.493 e. The van der Waals surface area contributed by atoms with Crippen LogP contribution in [-0.2, 0) is 6.42 Å². The van der Waals surface area contributed by atoms with Gasteiger partial charge in [-0.1, -0.05) is 53.4 Å². The molecule has 0 fully saturated rings. The summed E-state index contributed by atoms with van der Waals surface area (Å²) in [6, 6.07) is 5.98. The number of rotatable bonds is 16. The molecule has 0 saturated carbocycles. The van der Waals surface area contributed by atoms with Crippen LogP contribution in [0.1, 0.15) is 95.0 Å². The number of hydrogen-bond donors (Lipinski definition) is 0. The number of Topliss-reactive ketones (excluding diaryl/α,β-unsaturated/α-hetero) is 1. The van der Waals surface area contributed by atoms with Crippen molar-refractivity contribution in [3.05, 3.63) is 29.3 Å². The van der Waals surface area contributed by atoms with Crippen LogP contribution in [0.15, 0.2) is 18.2 Å². The molecule has 0 spiro atoms. The Morgan fingerprint density at radius 2 is 1.56 bits per heavy atom. The third-order valence-corrected chi connectivity index (χ3v) is 5.08. The molecule has 0 aromatic heterocycles. The van der Waals surface area contributed by atoms with Crippen molar-refractivity contribution >= 4 is 5.78 Å². The highest BCUT2D eigenvalue weighted by molar-refractivity contribution is 5.96. The Balaban J connectivity index is 2.62. The maximum absolute atomic E-state index is 12.7. The van der Waals surface area contributed by atoms with Gasteiger partial charge in [-0.3, -0.25) is 4.79 Å². The van der Waals surface area contributed by atoms with Crippen LogP contribution in [0.3, 0.4) is 0 Å². The van der Waals surface area contributed by atoms with Gasteiger partial charge in [0.25, 0.3) is 0 Å². The molecule has 0 aliphatic carbocycles. The van der Waals surface area contributed by atoms with E-state index in [0.717, 1.165) is 56.0 Å². The zero-order valence-corrected chi connectivity index (χ0v) is 18.2. The lowest BCUT2D eigenvalue weighted by molar-refractivity contribution is 0.0963. The second-order valence-corrected chi connectivity index (χ2v) is 7.45. The first kappa shape index (κ1) is 23.7. The molecule has 0 bridgehead atoms. The van der Waals surface area contributed by atoms with Crippen LogP contribution in [0, 0.1) is 0 Å². The molecule has 0 aliphatic heterocycles. The maximum Gasteiger partial charge on any atom is 0.164 e. The SMILES string of the molecule is CCCCCOc1ccc(C(=O)CCN(CCCC)CCCC)cc1CC. The zero-order valence-electron chi connectivity index (χ0n) is 18.2. The van der Waals surface area contributed by atoms with Crippen LogP contribution in [0.2, 0.25) is 0 Å². The fourth-order valence-electron chi connectivity index (χ4n) is 3.21.